The average molecular weight is 469 g/mol. The normalized spacial score (nSPS) is 11.6. The highest BCUT2D eigenvalue weighted by Crippen LogP contribution is 2.32. The summed E-state index contributed by atoms with van der Waals surface area (Å²) in [6.45, 7) is 10.7. The zero-order chi connectivity index (χ0) is 22.2. The van der Waals surface area contributed by atoms with Gasteiger partial charge in [0.05, 0.1) is 6.54 Å². The number of imidazole rings is 1. The Labute approximate surface area is 190 Å². The Bertz CT molecular complexity index is 1230. The first-order chi connectivity index (χ1) is 14.0. The summed E-state index contributed by atoms with van der Waals surface area (Å²) < 4.78 is 9.23. The second kappa shape index (κ2) is 9.46. The van der Waals surface area contributed by atoms with Crippen molar-refractivity contribution in [2.45, 2.75) is 57.6 Å². The maximum absolute atomic E-state index is 13.4. The number of halogens is 1. The number of thioether (sulfide) groups is 1. The minimum atomic E-state index is -0.449. The van der Waals surface area contributed by atoms with Gasteiger partial charge in [0.2, 0.25) is 0 Å². The van der Waals surface area contributed by atoms with E-state index in [0.29, 0.717) is 40.9 Å². The van der Waals surface area contributed by atoms with E-state index < -0.39 is 11.2 Å². The van der Waals surface area contributed by atoms with Crippen molar-refractivity contribution in [2.24, 2.45) is 12.8 Å². The lowest BCUT2D eigenvalue weighted by Crippen LogP contribution is -2.40. The van der Waals surface area contributed by atoms with Gasteiger partial charge in [-0.15, -0.1) is 12.4 Å². The largest absolute Gasteiger partial charge is 0.361 e. The van der Waals surface area contributed by atoms with Crippen molar-refractivity contribution in [2.75, 3.05) is 6.54 Å². The summed E-state index contributed by atoms with van der Waals surface area (Å²) >= 11 is 1.49. The molecule has 31 heavy (non-hydrogen) atoms. The molecule has 0 fully saturated rings. The fourth-order valence-corrected chi connectivity index (χ4v) is 3.94. The zero-order valence-corrected chi connectivity index (χ0v) is 20.3. The first-order valence-corrected chi connectivity index (χ1v) is 10.5. The Morgan fingerprint density at radius 1 is 1.29 bits per heavy atom. The third-order valence-electron chi connectivity index (χ3n) is 4.74. The highest BCUT2D eigenvalue weighted by molar-refractivity contribution is 8.00. The van der Waals surface area contributed by atoms with E-state index in [-0.39, 0.29) is 23.7 Å². The van der Waals surface area contributed by atoms with E-state index in [1.165, 1.54) is 20.9 Å². The molecule has 3 heterocycles. The third kappa shape index (κ3) is 5.13. The van der Waals surface area contributed by atoms with Crippen LogP contribution in [-0.2, 0) is 20.1 Å². The van der Waals surface area contributed by atoms with E-state index in [1.807, 2.05) is 38.3 Å². The van der Waals surface area contributed by atoms with Crippen LogP contribution in [0.3, 0.4) is 0 Å². The van der Waals surface area contributed by atoms with Crippen molar-refractivity contribution in [1.82, 2.24) is 23.8 Å². The van der Waals surface area contributed by atoms with Crippen LogP contribution in [0.4, 0.5) is 0 Å². The first kappa shape index (κ1) is 25.0. The second-order valence-electron chi connectivity index (χ2n) is 8.19. The first-order valence-electron chi connectivity index (χ1n) is 9.68. The van der Waals surface area contributed by atoms with Crippen LogP contribution in [0.2, 0.25) is 0 Å². The Balaban J connectivity index is 0.00000341. The van der Waals surface area contributed by atoms with Gasteiger partial charge in [-0.1, -0.05) is 28.6 Å². The monoisotopic (exact) mass is 468 g/mol. The highest BCUT2D eigenvalue weighted by Gasteiger charge is 2.25. The summed E-state index contributed by atoms with van der Waals surface area (Å²) in [5, 5.41) is 4.57. The predicted molar refractivity (Wildman–Crippen MR) is 125 cm³/mol. The van der Waals surface area contributed by atoms with Crippen LogP contribution in [0.5, 0.6) is 0 Å². The van der Waals surface area contributed by atoms with Gasteiger partial charge in [0.1, 0.15) is 11.5 Å². The molecule has 0 amide bonds. The number of rotatable bonds is 7. The number of aryl methyl sites for hydroxylation is 2. The molecule has 0 saturated carbocycles. The summed E-state index contributed by atoms with van der Waals surface area (Å²) in [5.41, 5.74) is 7.43. The molecule has 3 rings (SSSR count). The Hall–Kier alpha value is -2.30. The van der Waals surface area contributed by atoms with E-state index in [0.717, 1.165) is 5.57 Å². The molecular weight excluding hydrogens is 440 g/mol. The fraction of sp³-hybridized carbons (Fsp3) is 0.500. The van der Waals surface area contributed by atoms with Gasteiger partial charge >= 0.3 is 5.69 Å². The van der Waals surface area contributed by atoms with Crippen LogP contribution in [0.15, 0.2) is 37.0 Å². The van der Waals surface area contributed by atoms with Crippen LogP contribution in [0.25, 0.3) is 11.2 Å². The molecule has 170 valence electrons. The van der Waals surface area contributed by atoms with Crippen LogP contribution >= 0.6 is 24.2 Å². The molecule has 3 aromatic rings. The molecular formula is C20H29ClN6O3S. The number of nitrogens with zero attached hydrogens (tertiary/aromatic N) is 5. The van der Waals surface area contributed by atoms with Gasteiger partial charge < -0.3 is 14.8 Å². The van der Waals surface area contributed by atoms with Crippen molar-refractivity contribution in [1.29, 1.82) is 0 Å². The number of aromatic nitrogens is 5. The van der Waals surface area contributed by atoms with Crippen LogP contribution in [-0.4, -0.2) is 35.1 Å². The average Bonchev–Trinajstić information content (AvgIpc) is 3.24. The van der Waals surface area contributed by atoms with Crippen LogP contribution in [0.1, 0.15) is 39.1 Å². The van der Waals surface area contributed by atoms with E-state index in [2.05, 4.69) is 10.1 Å². The van der Waals surface area contributed by atoms with E-state index in [1.54, 1.807) is 20.0 Å². The molecule has 9 nitrogen and oxygen atoms in total. The highest BCUT2D eigenvalue weighted by atomic mass is 35.5. The quantitative estimate of drug-likeness (QED) is 0.418. The second-order valence-corrected chi connectivity index (χ2v) is 9.86. The Morgan fingerprint density at radius 3 is 2.52 bits per heavy atom. The van der Waals surface area contributed by atoms with E-state index in [4.69, 9.17) is 10.3 Å². The summed E-state index contributed by atoms with van der Waals surface area (Å²) in [4.78, 5) is 31.0. The van der Waals surface area contributed by atoms with Crippen molar-refractivity contribution < 1.29 is 4.52 Å². The van der Waals surface area contributed by atoms with Crippen molar-refractivity contribution in [3.05, 3.63) is 50.0 Å². The molecule has 2 N–H and O–H groups in total. The maximum Gasteiger partial charge on any atom is 0.332 e. The van der Waals surface area contributed by atoms with Crippen molar-refractivity contribution in [3.63, 3.8) is 0 Å². The molecule has 11 heteroatoms. The lowest BCUT2D eigenvalue weighted by Gasteiger charge is -2.21. The van der Waals surface area contributed by atoms with Gasteiger partial charge in [0.15, 0.2) is 16.3 Å². The fourth-order valence-electron chi connectivity index (χ4n) is 2.96. The molecule has 0 atom stereocenters. The molecule has 0 aliphatic rings. The lowest BCUT2D eigenvalue weighted by molar-refractivity contribution is 0.388. The van der Waals surface area contributed by atoms with Gasteiger partial charge in [-0.05, 0) is 34.6 Å². The summed E-state index contributed by atoms with van der Waals surface area (Å²) in [5.74, 6) is 0.618. The number of hydrogen-bond acceptors (Lipinski definition) is 7. The van der Waals surface area contributed by atoms with Crippen molar-refractivity contribution >= 4 is 35.3 Å². The molecule has 0 saturated heterocycles. The lowest BCUT2D eigenvalue weighted by atomic mass is 10.2. The minimum Gasteiger partial charge on any atom is -0.361 e. The number of hydrogen-bond donors (Lipinski definition) is 1. The Morgan fingerprint density at radius 2 is 1.97 bits per heavy atom. The Kier molecular flexibility index (Phi) is 7.61. The van der Waals surface area contributed by atoms with Gasteiger partial charge in [-0.25, -0.2) is 9.78 Å². The van der Waals surface area contributed by atoms with Gasteiger partial charge in [-0.2, -0.15) is 0 Å². The molecule has 3 aromatic heterocycles. The van der Waals surface area contributed by atoms with E-state index in [9.17, 15) is 9.59 Å². The van der Waals surface area contributed by atoms with E-state index >= 15 is 0 Å². The molecule has 0 radical (unpaired) electrons. The topological polar surface area (TPSA) is 114 Å². The predicted octanol–water partition coefficient (Wildman–Crippen LogP) is 2.46. The number of allylic oxidation sites excluding steroid dienone is 2. The van der Waals surface area contributed by atoms with Crippen LogP contribution < -0.4 is 17.0 Å². The van der Waals surface area contributed by atoms with Crippen molar-refractivity contribution in [3.8, 4) is 0 Å². The summed E-state index contributed by atoms with van der Waals surface area (Å²) in [6, 6.07) is 1.71. The van der Waals surface area contributed by atoms with Gasteiger partial charge in [0, 0.05) is 31.0 Å². The molecule has 0 spiro atoms. The minimum absolute atomic E-state index is 0. The molecule has 0 unspecified atom stereocenters. The maximum atomic E-state index is 13.4. The zero-order valence-electron chi connectivity index (χ0n) is 18.6. The number of fused-ring (bicyclic) bond motifs is 1. The SMILES string of the molecule is CC(C)=CCn1c(SC(C)(C)CN)nc2c1c(=O)n(Cc1cc(C)on1)c(=O)n2C.Cl. The molecule has 0 aromatic carbocycles. The molecule has 0 aliphatic heterocycles. The number of nitrogens with two attached hydrogens (primary N) is 1. The standard InChI is InChI=1S/C20H28N6O3S.ClH/c1-12(2)7-8-25-15-16(22-18(25)30-20(4,5)11-21)24(6)19(28)26(17(15)27)10-14-9-13(3)29-23-14;/h7,9H,8,10-11,21H2,1-6H3;1H. The summed E-state index contributed by atoms with van der Waals surface area (Å²) in [7, 11) is 1.62. The van der Waals surface area contributed by atoms with Gasteiger partial charge in [-0.3, -0.25) is 13.9 Å². The summed E-state index contributed by atoms with van der Waals surface area (Å²) in [6.07, 6.45) is 2.02. The van der Waals surface area contributed by atoms with Gasteiger partial charge in [0.25, 0.3) is 5.56 Å². The molecule has 0 aliphatic carbocycles. The third-order valence-corrected chi connectivity index (χ3v) is 5.95. The van der Waals surface area contributed by atoms with Crippen LogP contribution in [0, 0.1) is 6.92 Å². The molecule has 0 bridgehead atoms. The smallest absolute Gasteiger partial charge is 0.332 e.